The van der Waals surface area contributed by atoms with Crippen LogP contribution in [0.4, 0.5) is 16.3 Å². The summed E-state index contributed by atoms with van der Waals surface area (Å²) in [4.78, 5) is 40.5. The van der Waals surface area contributed by atoms with E-state index in [0.717, 1.165) is 0 Å². The minimum Gasteiger partial charge on any atom is -0.489 e. The van der Waals surface area contributed by atoms with Crippen LogP contribution in [-0.2, 0) is 4.74 Å². The number of carbonyl (C=O) groups is 2. The van der Waals surface area contributed by atoms with E-state index in [4.69, 9.17) is 19.9 Å². The maximum absolute atomic E-state index is 13.1. The van der Waals surface area contributed by atoms with Crippen molar-refractivity contribution in [2.75, 3.05) is 24.2 Å². The Balaban J connectivity index is 1.54. The van der Waals surface area contributed by atoms with Crippen molar-refractivity contribution in [3.05, 3.63) is 54.6 Å². The molecule has 2 aliphatic heterocycles. The van der Waals surface area contributed by atoms with Crippen molar-refractivity contribution in [2.24, 2.45) is 0 Å². The van der Waals surface area contributed by atoms with Crippen LogP contribution in [0.1, 0.15) is 37.7 Å². The minimum absolute atomic E-state index is 0.00724. The van der Waals surface area contributed by atoms with Crippen LogP contribution in [-0.4, -0.2) is 62.8 Å². The summed E-state index contributed by atoms with van der Waals surface area (Å²) < 4.78 is 18.0. The second-order valence-corrected chi connectivity index (χ2v) is 9.92. The number of rotatable bonds is 0. The van der Waals surface area contributed by atoms with Gasteiger partial charge in [-0.25, -0.2) is 14.8 Å². The number of ether oxygens (including phenoxy) is 3. The van der Waals surface area contributed by atoms with Crippen LogP contribution in [0.25, 0.3) is 11.3 Å². The average Bonchev–Trinajstić information content (AvgIpc) is 3.25. The Hall–Kier alpha value is -4.41. The smallest absolute Gasteiger partial charge is 0.410 e. The molecule has 2 amide bonds. The Labute approximate surface area is 214 Å². The van der Waals surface area contributed by atoms with Crippen LogP contribution >= 0.6 is 0 Å². The zero-order valence-electron chi connectivity index (χ0n) is 20.8. The molecule has 0 aliphatic carbocycles. The number of hydrogen-bond donors (Lipinski definition) is 2. The molecule has 2 aromatic heterocycles. The summed E-state index contributed by atoms with van der Waals surface area (Å²) in [6, 6.07) is 8.63. The van der Waals surface area contributed by atoms with Crippen LogP contribution in [0, 0.1) is 0 Å². The van der Waals surface area contributed by atoms with Gasteiger partial charge in [-0.05, 0) is 32.9 Å². The van der Waals surface area contributed by atoms with Crippen LogP contribution < -0.4 is 20.5 Å². The molecule has 3 N–H and O–H groups in total. The molecule has 6 bridgehead atoms. The van der Waals surface area contributed by atoms with Gasteiger partial charge >= 0.3 is 6.09 Å². The fourth-order valence-corrected chi connectivity index (χ4v) is 4.26. The standard InChI is InChI=1S/C26H28N6O5/c1-26(2,3)37-25(34)32-13-18-10-16(32)14-35-21-7-8-28-11-20(21)31-24(33)22-23(27)29-12-19(30-22)15-5-4-6-17(9-15)36-18/h4-9,11-12,16,18H,10,13-14H2,1-3H3,(H2,27,29)(H,31,33)/t16-,18-/m0/s1. The number of benzene rings is 1. The summed E-state index contributed by atoms with van der Waals surface area (Å²) in [5.41, 5.74) is 6.80. The van der Waals surface area contributed by atoms with E-state index in [1.807, 2.05) is 45.0 Å². The van der Waals surface area contributed by atoms with Crippen molar-refractivity contribution >= 4 is 23.5 Å². The number of likely N-dealkylation sites (tertiary alicyclic amines) is 1. The fourth-order valence-electron chi connectivity index (χ4n) is 4.26. The Bertz CT molecular complexity index is 1340. The molecule has 0 spiro atoms. The lowest BCUT2D eigenvalue weighted by molar-refractivity contribution is 0.0176. The van der Waals surface area contributed by atoms with E-state index in [2.05, 4.69) is 20.3 Å². The molecule has 0 radical (unpaired) electrons. The monoisotopic (exact) mass is 504 g/mol. The molecule has 11 nitrogen and oxygen atoms in total. The predicted molar refractivity (Wildman–Crippen MR) is 135 cm³/mol. The number of aromatic nitrogens is 3. The van der Waals surface area contributed by atoms with E-state index < -0.39 is 17.6 Å². The third-order valence-corrected chi connectivity index (χ3v) is 5.91. The van der Waals surface area contributed by atoms with E-state index in [1.165, 1.54) is 12.4 Å². The van der Waals surface area contributed by atoms with Crippen molar-refractivity contribution in [3.63, 3.8) is 0 Å². The quantitative estimate of drug-likeness (QED) is 0.470. The van der Waals surface area contributed by atoms with Gasteiger partial charge in [0.15, 0.2) is 11.5 Å². The highest BCUT2D eigenvalue weighted by atomic mass is 16.6. The molecule has 37 heavy (non-hydrogen) atoms. The van der Waals surface area contributed by atoms with E-state index in [9.17, 15) is 9.59 Å². The number of carbonyl (C=O) groups excluding carboxylic acids is 2. The number of hydrogen-bond acceptors (Lipinski definition) is 9. The van der Waals surface area contributed by atoms with Crippen LogP contribution in [0.15, 0.2) is 48.9 Å². The zero-order chi connectivity index (χ0) is 26.2. The summed E-state index contributed by atoms with van der Waals surface area (Å²) in [5, 5.41) is 2.77. The van der Waals surface area contributed by atoms with E-state index in [-0.39, 0.29) is 30.3 Å². The molecular formula is C26H28N6O5. The van der Waals surface area contributed by atoms with Crippen LogP contribution in [0.5, 0.6) is 11.5 Å². The van der Waals surface area contributed by atoms with Crippen molar-refractivity contribution < 1.29 is 23.8 Å². The molecule has 0 unspecified atom stereocenters. The number of amides is 2. The van der Waals surface area contributed by atoms with E-state index in [1.54, 1.807) is 17.2 Å². The molecule has 5 rings (SSSR count). The van der Waals surface area contributed by atoms with Gasteiger partial charge in [0.25, 0.3) is 5.91 Å². The third-order valence-electron chi connectivity index (χ3n) is 5.91. The van der Waals surface area contributed by atoms with Gasteiger partial charge in [-0.1, -0.05) is 12.1 Å². The van der Waals surface area contributed by atoms with Crippen molar-refractivity contribution in [2.45, 2.75) is 44.9 Å². The summed E-state index contributed by atoms with van der Waals surface area (Å²) in [5.74, 6) is 0.422. The van der Waals surface area contributed by atoms with Crippen molar-refractivity contribution in [1.82, 2.24) is 19.9 Å². The predicted octanol–water partition coefficient (Wildman–Crippen LogP) is 3.52. The topological polar surface area (TPSA) is 142 Å². The number of anilines is 2. The normalized spacial score (nSPS) is 19.2. The van der Waals surface area contributed by atoms with Gasteiger partial charge in [0.05, 0.1) is 30.7 Å². The van der Waals surface area contributed by atoms with Gasteiger partial charge in [0, 0.05) is 24.2 Å². The first-order chi connectivity index (χ1) is 17.7. The fraction of sp³-hybridized carbons (Fsp3) is 0.346. The molecular weight excluding hydrogens is 476 g/mol. The molecule has 11 heteroatoms. The Morgan fingerprint density at radius 2 is 2.08 bits per heavy atom. The minimum atomic E-state index is -0.649. The first-order valence-electron chi connectivity index (χ1n) is 11.9. The number of nitrogens with zero attached hydrogens (tertiary/aromatic N) is 4. The molecule has 1 aromatic carbocycles. The van der Waals surface area contributed by atoms with Crippen molar-refractivity contribution in [1.29, 1.82) is 0 Å². The number of nitrogens with two attached hydrogens (primary N) is 1. The third kappa shape index (κ3) is 5.40. The van der Waals surface area contributed by atoms with Gasteiger partial charge in [0.1, 0.15) is 35.5 Å². The van der Waals surface area contributed by atoms with Gasteiger partial charge in [-0.3, -0.25) is 14.7 Å². The SMILES string of the molecule is CC(C)(C)OC(=O)N1C[C@@H]2C[C@H]1COc1ccncc1NC(=O)c1nc(cnc1N)-c1cccc(c1)O2. The average molecular weight is 505 g/mol. The molecule has 192 valence electrons. The summed E-state index contributed by atoms with van der Waals surface area (Å²) >= 11 is 0. The second-order valence-electron chi connectivity index (χ2n) is 9.92. The number of pyridine rings is 1. The highest BCUT2D eigenvalue weighted by Crippen LogP contribution is 2.31. The van der Waals surface area contributed by atoms with Crippen LogP contribution in [0.3, 0.4) is 0 Å². The lowest BCUT2D eigenvalue weighted by Gasteiger charge is -2.28. The Morgan fingerprint density at radius 1 is 1.24 bits per heavy atom. The lowest BCUT2D eigenvalue weighted by atomic mass is 10.1. The van der Waals surface area contributed by atoms with Gasteiger partial charge in [-0.15, -0.1) is 0 Å². The molecule has 1 fully saturated rings. The summed E-state index contributed by atoms with van der Waals surface area (Å²) in [7, 11) is 0. The van der Waals surface area contributed by atoms with E-state index in [0.29, 0.717) is 41.4 Å². The van der Waals surface area contributed by atoms with Gasteiger partial charge in [-0.2, -0.15) is 0 Å². The van der Waals surface area contributed by atoms with Gasteiger partial charge < -0.3 is 25.3 Å². The highest BCUT2D eigenvalue weighted by molar-refractivity contribution is 6.06. The molecule has 4 heterocycles. The first-order valence-corrected chi connectivity index (χ1v) is 11.9. The second kappa shape index (κ2) is 9.57. The largest absolute Gasteiger partial charge is 0.489 e. The Kier molecular flexibility index (Phi) is 6.28. The maximum atomic E-state index is 13.1. The lowest BCUT2D eigenvalue weighted by Crippen LogP contribution is -2.42. The zero-order valence-corrected chi connectivity index (χ0v) is 20.8. The number of nitrogen functional groups attached to an aromatic ring is 1. The molecule has 2 aliphatic rings. The maximum Gasteiger partial charge on any atom is 0.410 e. The Morgan fingerprint density at radius 3 is 2.89 bits per heavy atom. The molecule has 1 saturated heterocycles. The highest BCUT2D eigenvalue weighted by Gasteiger charge is 2.39. The van der Waals surface area contributed by atoms with Crippen molar-refractivity contribution in [3.8, 4) is 22.8 Å². The number of nitrogens with one attached hydrogen (secondary N) is 1. The summed E-state index contributed by atoms with van der Waals surface area (Å²) in [6.07, 6.45) is 4.33. The molecule has 0 saturated carbocycles. The molecule has 2 atom stereocenters. The van der Waals surface area contributed by atoms with Crippen LogP contribution in [0.2, 0.25) is 0 Å². The molecule has 3 aromatic rings. The first kappa shape index (κ1) is 24.3. The van der Waals surface area contributed by atoms with E-state index >= 15 is 0 Å². The number of fused-ring (bicyclic) bond motifs is 8. The summed E-state index contributed by atoms with van der Waals surface area (Å²) in [6.45, 7) is 5.96. The van der Waals surface area contributed by atoms with Gasteiger partial charge in [0.2, 0.25) is 0 Å².